The van der Waals surface area contributed by atoms with Crippen LogP contribution < -0.4 is 10.2 Å². The summed E-state index contributed by atoms with van der Waals surface area (Å²) in [5.41, 5.74) is 2.06. The molecule has 0 aliphatic rings. The lowest BCUT2D eigenvalue weighted by Crippen LogP contribution is -2.34. The van der Waals surface area contributed by atoms with Gasteiger partial charge < -0.3 is 10.2 Å². The average Bonchev–Trinajstić information content (AvgIpc) is 2.60. The van der Waals surface area contributed by atoms with E-state index in [9.17, 15) is 14.0 Å². The molecule has 0 bridgehead atoms. The fourth-order valence-electron chi connectivity index (χ4n) is 2.68. The summed E-state index contributed by atoms with van der Waals surface area (Å²) in [5, 5.41) is 3.33. The Hall–Kier alpha value is -2.40. The lowest BCUT2D eigenvalue weighted by atomic mass is 10.1. The summed E-state index contributed by atoms with van der Waals surface area (Å²) in [6, 6.07) is 11.8. The van der Waals surface area contributed by atoms with Crippen molar-refractivity contribution < 1.29 is 14.0 Å². The molecule has 0 aliphatic carbocycles. The molecule has 0 aromatic heterocycles. The Labute approximate surface area is 158 Å². The SMILES string of the molecule is CC(=O)N(CCC(=O)NCCc1ccccc1F)c1cccc(Cl)c1C. The molecule has 0 spiro atoms. The first kappa shape index (κ1) is 19.9. The van der Waals surface area contributed by atoms with E-state index in [1.807, 2.05) is 6.92 Å². The van der Waals surface area contributed by atoms with Crippen molar-refractivity contribution in [3.8, 4) is 0 Å². The van der Waals surface area contributed by atoms with Gasteiger partial charge in [0.25, 0.3) is 0 Å². The van der Waals surface area contributed by atoms with Crippen LogP contribution in [-0.4, -0.2) is 24.9 Å². The minimum Gasteiger partial charge on any atom is -0.356 e. The van der Waals surface area contributed by atoms with E-state index in [1.165, 1.54) is 17.9 Å². The molecule has 0 atom stereocenters. The number of amides is 2. The van der Waals surface area contributed by atoms with Gasteiger partial charge in [-0.3, -0.25) is 9.59 Å². The highest BCUT2D eigenvalue weighted by molar-refractivity contribution is 6.31. The molecule has 0 fully saturated rings. The topological polar surface area (TPSA) is 49.4 Å². The molecule has 2 rings (SSSR count). The molecule has 0 heterocycles. The first-order chi connectivity index (χ1) is 12.4. The van der Waals surface area contributed by atoms with E-state index in [1.54, 1.807) is 36.4 Å². The number of hydrogen-bond acceptors (Lipinski definition) is 2. The van der Waals surface area contributed by atoms with Gasteiger partial charge in [0.05, 0.1) is 0 Å². The summed E-state index contributed by atoms with van der Waals surface area (Å²) in [6.07, 6.45) is 0.574. The number of hydrogen-bond donors (Lipinski definition) is 1. The van der Waals surface area contributed by atoms with Crippen LogP contribution >= 0.6 is 11.6 Å². The third-order valence-corrected chi connectivity index (χ3v) is 4.56. The zero-order chi connectivity index (χ0) is 19.1. The van der Waals surface area contributed by atoms with Gasteiger partial charge >= 0.3 is 0 Å². The van der Waals surface area contributed by atoms with Crippen molar-refractivity contribution in [2.75, 3.05) is 18.0 Å². The molecule has 0 aliphatic heterocycles. The molecule has 138 valence electrons. The molecule has 0 saturated heterocycles. The Kier molecular flexibility index (Phi) is 7.16. The number of carbonyl (C=O) groups excluding carboxylic acids is 2. The Balaban J connectivity index is 1.89. The van der Waals surface area contributed by atoms with E-state index < -0.39 is 0 Å². The first-order valence-electron chi connectivity index (χ1n) is 8.43. The average molecular weight is 377 g/mol. The molecule has 0 radical (unpaired) electrons. The van der Waals surface area contributed by atoms with E-state index in [-0.39, 0.29) is 30.6 Å². The maximum Gasteiger partial charge on any atom is 0.223 e. The van der Waals surface area contributed by atoms with Gasteiger partial charge in [-0.05, 0) is 42.7 Å². The van der Waals surface area contributed by atoms with E-state index in [2.05, 4.69) is 5.32 Å². The highest BCUT2D eigenvalue weighted by Gasteiger charge is 2.16. The molecule has 2 aromatic rings. The molecule has 2 aromatic carbocycles. The summed E-state index contributed by atoms with van der Waals surface area (Å²) in [6.45, 7) is 3.89. The summed E-state index contributed by atoms with van der Waals surface area (Å²) >= 11 is 6.12. The third kappa shape index (κ3) is 5.30. The van der Waals surface area contributed by atoms with Gasteiger partial charge in [-0.25, -0.2) is 4.39 Å². The Morgan fingerprint density at radius 2 is 1.88 bits per heavy atom. The summed E-state index contributed by atoms with van der Waals surface area (Å²) in [4.78, 5) is 25.6. The second kappa shape index (κ2) is 9.34. The van der Waals surface area contributed by atoms with Crippen molar-refractivity contribution in [1.29, 1.82) is 0 Å². The predicted octanol–water partition coefficient (Wildman–Crippen LogP) is 3.89. The standard InChI is InChI=1S/C20H22ClFN2O2/c1-14-17(21)7-5-9-19(14)24(15(2)25)13-11-20(26)23-12-10-16-6-3-4-8-18(16)22/h3-9H,10-13H2,1-2H3,(H,23,26). The van der Waals surface area contributed by atoms with E-state index >= 15 is 0 Å². The van der Waals surface area contributed by atoms with Crippen LogP contribution in [-0.2, 0) is 16.0 Å². The van der Waals surface area contributed by atoms with Gasteiger partial charge in [-0.2, -0.15) is 0 Å². The quantitative estimate of drug-likeness (QED) is 0.797. The van der Waals surface area contributed by atoms with E-state index in [0.717, 1.165) is 5.56 Å². The van der Waals surface area contributed by atoms with Crippen molar-refractivity contribution >= 4 is 29.1 Å². The lowest BCUT2D eigenvalue weighted by Gasteiger charge is -2.23. The monoisotopic (exact) mass is 376 g/mol. The molecular weight excluding hydrogens is 355 g/mol. The van der Waals surface area contributed by atoms with Crippen LogP contribution in [0.1, 0.15) is 24.5 Å². The van der Waals surface area contributed by atoms with Gasteiger partial charge in [0.15, 0.2) is 0 Å². The minimum atomic E-state index is -0.277. The molecule has 1 N–H and O–H groups in total. The maximum atomic E-state index is 13.5. The van der Waals surface area contributed by atoms with Crippen LogP contribution in [0.25, 0.3) is 0 Å². The lowest BCUT2D eigenvalue weighted by molar-refractivity contribution is -0.121. The van der Waals surface area contributed by atoms with Gasteiger partial charge in [-0.1, -0.05) is 35.9 Å². The number of rotatable bonds is 7. The summed E-state index contributed by atoms with van der Waals surface area (Å²) in [5.74, 6) is -0.622. The largest absolute Gasteiger partial charge is 0.356 e. The number of nitrogens with one attached hydrogen (secondary N) is 1. The van der Waals surface area contributed by atoms with Crippen LogP contribution in [0.3, 0.4) is 0 Å². The van der Waals surface area contributed by atoms with Gasteiger partial charge in [0.1, 0.15) is 5.82 Å². The van der Waals surface area contributed by atoms with Crippen molar-refractivity contribution in [2.45, 2.75) is 26.7 Å². The number of halogens is 2. The van der Waals surface area contributed by atoms with Crippen LogP contribution in [0, 0.1) is 12.7 Å². The number of benzene rings is 2. The molecule has 26 heavy (non-hydrogen) atoms. The fourth-order valence-corrected chi connectivity index (χ4v) is 2.85. The van der Waals surface area contributed by atoms with Crippen molar-refractivity contribution in [1.82, 2.24) is 5.32 Å². The second-order valence-corrected chi connectivity index (χ2v) is 6.40. The van der Waals surface area contributed by atoms with Crippen LogP contribution in [0.15, 0.2) is 42.5 Å². The minimum absolute atomic E-state index is 0.156. The molecular formula is C20H22ClFN2O2. The normalized spacial score (nSPS) is 10.5. The highest BCUT2D eigenvalue weighted by atomic mass is 35.5. The molecule has 6 heteroatoms. The number of nitrogens with zero attached hydrogens (tertiary/aromatic N) is 1. The maximum absolute atomic E-state index is 13.5. The zero-order valence-electron chi connectivity index (χ0n) is 14.9. The number of carbonyl (C=O) groups is 2. The Morgan fingerprint density at radius 3 is 2.58 bits per heavy atom. The molecule has 2 amide bonds. The summed E-state index contributed by atoms with van der Waals surface area (Å²) in [7, 11) is 0. The van der Waals surface area contributed by atoms with Crippen LogP contribution in [0.2, 0.25) is 5.02 Å². The van der Waals surface area contributed by atoms with Crippen molar-refractivity contribution in [3.63, 3.8) is 0 Å². The van der Waals surface area contributed by atoms with Crippen molar-refractivity contribution in [3.05, 3.63) is 64.4 Å². The molecule has 0 unspecified atom stereocenters. The number of anilines is 1. The zero-order valence-corrected chi connectivity index (χ0v) is 15.6. The van der Waals surface area contributed by atoms with Crippen LogP contribution in [0.5, 0.6) is 0 Å². The van der Waals surface area contributed by atoms with Crippen molar-refractivity contribution in [2.24, 2.45) is 0 Å². The van der Waals surface area contributed by atoms with E-state index in [0.29, 0.717) is 29.2 Å². The predicted molar refractivity (Wildman–Crippen MR) is 102 cm³/mol. The van der Waals surface area contributed by atoms with E-state index in [4.69, 9.17) is 11.6 Å². The Morgan fingerprint density at radius 1 is 1.15 bits per heavy atom. The van der Waals surface area contributed by atoms with Gasteiger partial charge in [0, 0.05) is 37.1 Å². The Bertz CT molecular complexity index is 795. The molecule has 0 saturated carbocycles. The smallest absolute Gasteiger partial charge is 0.223 e. The van der Waals surface area contributed by atoms with Gasteiger partial charge in [0.2, 0.25) is 11.8 Å². The first-order valence-corrected chi connectivity index (χ1v) is 8.81. The fraction of sp³-hybridized carbons (Fsp3) is 0.300. The summed E-state index contributed by atoms with van der Waals surface area (Å²) < 4.78 is 13.5. The van der Waals surface area contributed by atoms with Crippen LogP contribution in [0.4, 0.5) is 10.1 Å². The third-order valence-electron chi connectivity index (χ3n) is 4.15. The highest BCUT2D eigenvalue weighted by Crippen LogP contribution is 2.26. The molecule has 4 nitrogen and oxygen atoms in total. The second-order valence-electron chi connectivity index (χ2n) is 6.00. The van der Waals surface area contributed by atoms with Gasteiger partial charge in [-0.15, -0.1) is 0 Å².